The van der Waals surface area contributed by atoms with E-state index in [1.807, 2.05) is 24.3 Å². The Labute approximate surface area is 126 Å². The Bertz CT molecular complexity index is 427. The van der Waals surface area contributed by atoms with Crippen LogP contribution in [0.3, 0.4) is 0 Å². The molecule has 1 fully saturated rings. The van der Waals surface area contributed by atoms with Gasteiger partial charge in [-0.05, 0) is 43.4 Å². The van der Waals surface area contributed by atoms with E-state index in [1.54, 1.807) is 0 Å². The fourth-order valence-electron chi connectivity index (χ4n) is 2.78. The summed E-state index contributed by atoms with van der Waals surface area (Å²) < 4.78 is 5.59. The van der Waals surface area contributed by atoms with Crippen LogP contribution in [-0.2, 0) is 9.53 Å². The lowest BCUT2D eigenvalue weighted by Gasteiger charge is -2.28. The van der Waals surface area contributed by atoms with Gasteiger partial charge in [-0.15, -0.1) is 0 Å². The zero-order chi connectivity index (χ0) is 14.4. The number of ether oxygens (including phenoxy) is 1. The number of rotatable bonds is 6. The molecule has 2 nitrogen and oxygen atoms in total. The topological polar surface area (TPSA) is 26.3 Å². The molecule has 1 aliphatic rings. The lowest BCUT2D eigenvalue weighted by Crippen LogP contribution is -2.29. The maximum absolute atomic E-state index is 12.1. The molecule has 110 valence electrons. The Morgan fingerprint density at radius 1 is 1.15 bits per heavy atom. The van der Waals surface area contributed by atoms with E-state index in [2.05, 4.69) is 6.92 Å². The van der Waals surface area contributed by atoms with Gasteiger partial charge in [0.2, 0.25) is 0 Å². The quantitative estimate of drug-likeness (QED) is 0.539. The molecule has 20 heavy (non-hydrogen) atoms. The van der Waals surface area contributed by atoms with Crippen LogP contribution in [0.1, 0.15) is 63.4 Å². The van der Waals surface area contributed by atoms with E-state index >= 15 is 0 Å². The van der Waals surface area contributed by atoms with Crippen molar-refractivity contribution in [3.05, 3.63) is 34.9 Å². The molecule has 1 saturated heterocycles. The highest BCUT2D eigenvalue weighted by Gasteiger charge is 2.30. The van der Waals surface area contributed by atoms with Crippen LogP contribution in [0.5, 0.6) is 0 Å². The standard InChI is InChI=1S/C17H23ClO2/c1-2-3-4-5-6-15-11-12-16(17(19)20-15)13-7-9-14(18)10-8-13/h7-10,15-16H,2-6,11-12H2,1H3. The van der Waals surface area contributed by atoms with Crippen LogP contribution in [0.15, 0.2) is 24.3 Å². The van der Waals surface area contributed by atoms with Gasteiger partial charge >= 0.3 is 5.97 Å². The summed E-state index contributed by atoms with van der Waals surface area (Å²) in [5.74, 6) is -0.182. The number of unbranched alkanes of at least 4 members (excludes halogenated alkanes) is 3. The van der Waals surface area contributed by atoms with Gasteiger partial charge in [0.25, 0.3) is 0 Å². The van der Waals surface area contributed by atoms with Gasteiger partial charge in [0.1, 0.15) is 6.10 Å². The third kappa shape index (κ3) is 4.24. The summed E-state index contributed by atoms with van der Waals surface area (Å²) in [6, 6.07) is 7.52. The van der Waals surface area contributed by atoms with E-state index in [1.165, 1.54) is 19.3 Å². The average molecular weight is 295 g/mol. The summed E-state index contributed by atoms with van der Waals surface area (Å²) in [5, 5.41) is 0.701. The summed E-state index contributed by atoms with van der Waals surface area (Å²) in [6.07, 6.45) is 7.92. The normalized spacial score (nSPS) is 22.6. The molecule has 2 rings (SSSR count). The molecule has 3 heteroatoms. The summed E-state index contributed by atoms with van der Waals surface area (Å²) in [5.41, 5.74) is 1.02. The van der Waals surface area contributed by atoms with Gasteiger partial charge in [-0.3, -0.25) is 4.79 Å². The molecule has 0 radical (unpaired) electrons. The number of halogens is 1. The number of hydrogen-bond acceptors (Lipinski definition) is 2. The fraction of sp³-hybridized carbons (Fsp3) is 0.588. The lowest BCUT2D eigenvalue weighted by atomic mass is 9.89. The molecule has 0 amide bonds. The van der Waals surface area contributed by atoms with Gasteiger partial charge in [0, 0.05) is 5.02 Å². The van der Waals surface area contributed by atoms with Crippen LogP contribution < -0.4 is 0 Å². The predicted octanol–water partition coefficient (Wildman–Crippen LogP) is 5.10. The van der Waals surface area contributed by atoms with E-state index in [9.17, 15) is 4.79 Å². The molecule has 1 heterocycles. The highest BCUT2D eigenvalue weighted by atomic mass is 35.5. The summed E-state index contributed by atoms with van der Waals surface area (Å²) in [7, 11) is 0. The van der Waals surface area contributed by atoms with Crippen molar-refractivity contribution in [2.45, 2.75) is 63.9 Å². The Morgan fingerprint density at radius 2 is 1.90 bits per heavy atom. The van der Waals surface area contributed by atoms with Crippen molar-refractivity contribution in [1.82, 2.24) is 0 Å². The molecular weight excluding hydrogens is 272 g/mol. The first-order chi connectivity index (χ1) is 9.70. The van der Waals surface area contributed by atoms with Gasteiger partial charge in [-0.1, -0.05) is 49.9 Å². The van der Waals surface area contributed by atoms with Crippen LogP contribution in [-0.4, -0.2) is 12.1 Å². The van der Waals surface area contributed by atoms with Gasteiger partial charge in [0.15, 0.2) is 0 Å². The van der Waals surface area contributed by atoms with E-state index in [0.29, 0.717) is 5.02 Å². The third-order valence-corrected chi connectivity index (χ3v) is 4.25. The number of carbonyl (C=O) groups is 1. The molecule has 0 aromatic heterocycles. The number of benzene rings is 1. The number of hydrogen-bond donors (Lipinski definition) is 0. The summed E-state index contributed by atoms with van der Waals surface area (Å²) in [6.45, 7) is 2.21. The molecule has 0 spiro atoms. The highest BCUT2D eigenvalue weighted by Crippen LogP contribution is 2.31. The minimum atomic E-state index is -0.112. The first kappa shape index (κ1) is 15.4. The molecule has 1 aromatic rings. The SMILES string of the molecule is CCCCCCC1CCC(c2ccc(Cl)cc2)C(=O)O1. The van der Waals surface area contributed by atoms with Crippen LogP contribution in [0.4, 0.5) is 0 Å². The van der Waals surface area contributed by atoms with Crippen LogP contribution in [0, 0.1) is 0 Å². The molecular formula is C17H23ClO2. The maximum Gasteiger partial charge on any atom is 0.313 e. The van der Waals surface area contributed by atoms with Gasteiger partial charge < -0.3 is 4.74 Å². The minimum absolute atomic E-state index is 0.0703. The molecule has 0 aliphatic carbocycles. The molecule has 0 saturated carbocycles. The van der Waals surface area contributed by atoms with Crippen molar-refractivity contribution in [1.29, 1.82) is 0 Å². The second kappa shape index (κ2) is 7.68. The monoisotopic (exact) mass is 294 g/mol. The third-order valence-electron chi connectivity index (χ3n) is 4.00. The van der Waals surface area contributed by atoms with Crippen molar-refractivity contribution in [2.24, 2.45) is 0 Å². The van der Waals surface area contributed by atoms with Crippen molar-refractivity contribution >= 4 is 17.6 Å². The average Bonchev–Trinajstić information content (AvgIpc) is 2.45. The second-order valence-corrected chi connectivity index (χ2v) is 6.03. The molecule has 1 aromatic carbocycles. The first-order valence-electron chi connectivity index (χ1n) is 7.66. The van der Waals surface area contributed by atoms with Crippen LogP contribution in [0.25, 0.3) is 0 Å². The Kier molecular flexibility index (Phi) is 5.90. The predicted molar refractivity (Wildman–Crippen MR) is 82.1 cm³/mol. The summed E-state index contributed by atoms with van der Waals surface area (Å²) in [4.78, 5) is 12.1. The largest absolute Gasteiger partial charge is 0.462 e. The molecule has 0 N–H and O–H groups in total. The van der Waals surface area contributed by atoms with Crippen LogP contribution in [0.2, 0.25) is 5.02 Å². The molecule has 2 atom stereocenters. The van der Waals surface area contributed by atoms with Crippen molar-refractivity contribution < 1.29 is 9.53 Å². The van der Waals surface area contributed by atoms with Gasteiger partial charge in [0.05, 0.1) is 5.92 Å². The smallest absolute Gasteiger partial charge is 0.313 e. The number of carbonyl (C=O) groups excluding carboxylic acids is 1. The van der Waals surface area contributed by atoms with Gasteiger partial charge in [-0.2, -0.15) is 0 Å². The number of esters is 1. The van der Waals surface area contributed by atoms with E-state index in [-0.39, 0.29) is 18.0 Å². The zero-order valence-electron chi connectivity index (χ0n) is 12.1. The molecule has 1 aliphatic heterocycles. The fourth-order valence-corrected chi connectivity index (χ4v) is 2.90. The van der Waals surface area contributed by atoms with Gasteiger partial charge in [-0.25, -0.2) is 0 Å². The Balaban J connectivity index is 1.83. The lowest BCUT2D eigenvalue weighted by molar-refractivity contribution is -0.156. The van der Waals surface area contributed by atoms with Crippen molar-refractivity contribution in [3.63, 3.8) is 0 Å². The van der Waals surface area contributed by atoms with Crippen LogP contribution >= 0.6 is 11.6 Å². The molecule has 2 unspecified atom stereocenters. The minimum Gasteiger partial charge on any atom is -0.462 e. The van der Waals surface area contributed by atoms with Crippen molar-refractivity contribution in [3.8, 4) is 0 Å². The second-order valence-electron chi connectivity index (χ2n) is 5.59. The Hall–Kier alpha value is -1.02. The summed E-state index contributed by atoms with van der Waals surface area (Å²) >= 11 is 5.88. The zero-order valence-corrected chi connectivity index (χ0v) is 12.9. The van der Waals surface area contributed by atoms with E-state index in [4.69, 9.17) is 16.3 Å². The highest BCUT2D eigenvalue weighted by molar-refractivity contribution is 6.30. The number of cyclic esters (lactones) is 1. The molecule has 0 bridgehead atoms. The van der Waals surface area contributed by atoms with Crippen molar-refractivity contribution in [2.75, 3.05) is 0 Å². The Morgan fingerprint density at radius 3 is 2.55 bits per heavy atom. The maximum atomic E-state index is 12.1. The van der Waals surface area contributed by atoms with E-state index in [0.717, 1.165) is 31.2 Å². The van der Waals surface area contributed by atoms with E-state index < -0.39 is 0 Å². The first-order valence-corrected chi connectivity index (χ1v) is 8.04.